The number of rotatable bonds is 6. The molecule has 2 aromatic rings. The Balaban J connectivity index is 2.13. The molecule has 0 unspecified atom stereocenters. The van der Waals surface area contributed by atoms with Gasteiger partial charge in [0.15, 0.2) is 0 Å². The normalized spacial score (nSPS) is 10.7. The van der Waals surface area contributed by atoms with E-state index in [1.54, 1.807) is 19.1 Å². The van der Waals surface area contributed by atoms with Gasteiger partial charge in [0.25, 0.3) is 11.6 Å². The quantitative estimate of drug-likeness (QED) is 0.654. The van der Waals surface area contributed by atoms with E-state index in [4.69, 9.17) is 0 Å². The van der Waals surface area contributed by atoms with Crippen molar-refractivity contribution in [1.82, 2.24) is 10.2 Å². The fourth-order valence-corrected chi connectivity index (χ4v) is 2.57. The molecule has 0 radical (unpaired) electrons. The number of carbonyl (C=O) groups excluding carboxylic acids is 1. The van der Waals surface area contributed by atoms with Crippen molar-refractivity contribution in [1.29, 1.82) is 0 Å². The summed E-state index contributed by atoms with van der Waals surface area (Å²) in [6.45, 7) is 2.83. The summed E-state index contributed by atoms with van der Waals surface area (Å²) in [5.41, 5.74) is 2.64. The molecule has 0 aliphatic heterocycles. The second-order valence-corrected chi connectivity index (χ2v) is 5.97. The molecule has 0 aliphatic rings. The summed E-state index contributed by atoms with van der Waals surface area (Å²) in [5, 5.41) is 13.9. The van der Waals surface area contributed by atoms with Crippen molar-refractivity contribution in [2.24, 2.45) is 0 Å². The van der Waals surface area contributed by atoms with Gasteiger partial charge in [-0.15, -0.1) is 0 Å². The predicted molar refractivity (Wildman–Crippen MR) is 92.8 cm³/mol. The standard InChI is InChI=1S/C18H21N3O3/c1-13-6-4-9-16(21(23)24)17(13)18(22)19-11-14-7-5-8-15(10-14)12-20(2)3/h4-10H,11-12H2,1-3H3,(H,19,22). The van der Waals surface area contributed by atoms with Crippen molar-refractivity contribution < 1.29 is 9.72 Å². The number of nitro benzene ring substituents is 1. The molecule has 0 atom stereocenters. The summed E-state index contributed by atoms with van der Waals surface area (Å²) in [6, 6.07) is 12.5. The lowest BCUT2D eigenvalue weighted by Gasteiger charge is -2.12. The van der Waals surface area contributed by atoms with Crippen LogP contribution >= 0.6 is 0 Å². The number of nitro groups is 1. The van der Waals surface area contributed by atoms with Crippen molar-refractivity contribution in [2.45, 2.75) is 20.0 Å². The van der Waals surface area contributed by atoms with Crippen LogP contribution < -0.4 is 5.32 Å². The monoisotopic (exact) mass is 327 g/mol. The molecule has 0 fully saturated rings. The maximum Gasteiger partial charge on any atom is 0.282 e. The molecule has 0 spiro atoms. The summed E-state index contributed by atoms with van der Waals surface area (Å²) in [6.07, 6.45) is 0. The highest BCUT2D eigenvalue weighted by Crippen LogP contribution is 2.21. The van der Waals surface area contributed by atoms with Gasteiger partial charge >= 0.3 is 0 Å². The van der Waals surface area contributed by atoms with Gasteiger partial charge in [0.2, 0.25) is 0 Å². The van der Waals surface area contributed by atoms with Crippen LogP contribution in [0.2, 0.25) is 0 Å². The molecular formula is C18H21N3O3. The highest BCUT2D eigenvalue weighted by molar-refractivity contribution is 5.99. The lowest BCUT2D eigenvalue weighted by molar-refractivity contribution is -0.385. The van der Waals surface area contributed by atoms with Crippen molar-refractivity contribution in [3.8, 4) is 0 Å². The first kappa shape index (κ1) is 17.6. The number of carbonyl (C=O) groups is 1. The van der Waals surface area contributed by atoms with Crippen LogP contribution in [0.4, 0.5) is 5.69 Å². The van der Waals surface area contributed by atoms with Gasteiger partial charge in [0.05, 0.1) is 4.92 Å². The van der Waals surface area contributed by atoms with Crippen molar-refractivity contribution in [3.05, 3.63) is 74.8 Å². The highest BCUT2D eigenvalue weighted by atomic mass is 16.6. The molecule has 0 saturated carbocycles. The maximum absolute atomic E-state index is 12.4. The Kier molecular flexibility index (Phi) is 5.65. The lowest BCUT2D eigenvalue weighted by atomic mass is 10.1. The molecule has 1 N–H and O–H groups in total. The third-order valence-electron chi connectivity index (χ3n) is 3.62. The van der Waals surface area contributed by atoms with Crippen LogP contribution in [0.3, 0.4) is 0 Å². The number of aryl methyl sites for hydroxylation is 1. The third-order valence-corrected chi connectivity index (χ3v) is 3.62. The van der Waals surface area contributed by atoms with E-state index in [1.807, 2.05) is 38.4 Å². The molecule has 0 bridgehead atoms. The third kappa shape index (κ3) is 4.39. The molecular weight excluding hydrogens is 306 g/mol. The van der Waals surface area contributed by atoms with E-state index in [-0.39, 0.29) is 11.3 Å². The van der Waals surface area contributed by atoms with Gasteiger partial charge in [0.1, 0.15) is 5.56 Å². The largest absolute Gasteiger partial charge is 0.348 e. The van der Waals surface area contributed by atoms with E-state index in [1.165, 1.54) is 6.07 Å². The van der Waals surface area contributed by atoms with Crippen LogP contribution in [0.1, 0.15) is 27.0 Å². The Morgan fingerprint density at radius 3 is 2.50 bits per heavy atom. The highest BCUT2D eigenvalue weighted by Gasteiger charge is 2.21. The molecule has 0 heterocycles. The average molecular weight is 327 g/mol. The maximum atomic E-state index is 12.4. The molecule has 126 valence electrons. The lowest BCUT2D eigenvalue weighted by Crippen LogP contribution is -2.24. The molecule has 0 saturated heterocycles. The number of hydrogen-bond donors (Lipinski definition) is 1. The molecule has 6 heteroatoms. The zero-order chi connectivity index (χ0) is 17.7. The van der Waals surface area contributed by atoms with Crippen molar-refractivity contribution in [3.63, 3.8) is 0 Å². The molecule has 2 aromatic carbocycles. The SMILES string of the molecule is Cc1cccc([N+](=O)[O-])c1C(=O)NCc1cccc(CN(C)C)c1. The molecule has 6 nitrogen and oxygen atoms in total. The van der Waals surface area contributed by atoms with E-state index in [2.05, 4.69) is 10.2 Å². The van der Waals surface area contributed by atoms with Gasteiger partial charge in [-0.25, -0.2) is 0 Å². The number of nitrogens with zero attached hydrogens (tertiary/aromatic N) is 2. The van der Waals surface area contributed by atoms with Gasteiger partial charge in [-0.2, -0.15) is 0 Å². The molecule has 24 heavy (non-hydrogen) atoms. The van der Waals surface area contributed by atoms with Crippen LogP contribution in [-0.2, 0) is 13.1 Å². The van der Waals surface area contributed by atoms with E-state index in [0.717, 1.165) is 17.7 Å². The van der Waals surface area contributed by atoms with Crippen LogP contribution in [0.5, 0.6) is 0 Å². The summed E-state index contributed by atoms with van der Waals surface area (Å²) in [5.74, 6) is -0.433. The minimum absolute atomic E-state index is 0.118. The zero-order valence-electron chi connectivity index (χ0n) is 14.1. The summed E-state index contributed by atoms with van der Waals surface area (Å²) in [4.78, 5) is 25.1. The fourth-order valence-electron chi connectivity index (χ4n) is 2.57. The average Bonchev–Trinajstić information content (AvgIpc) is 2.52. The molecule has 0 aliphatic carbocycles. The molecule has 0 aromatic heterocycles. The second-order valence-electron chi connectivity index (χ2n) is 5.97. The van der Waals surface area contributed by atoms with E-state index in [9.17, 15) is 14.9 Å². The predicted octanol–water partition coefficient (Wildman–Crippen LogP) is 2.89. The first-order valence-corrected chi connectivity index (χ1v) is 7.63. The number of amides is 1. The van der Waals surface area contributed by atoms with Gasteiger partial charge < -0.3 is 10.2 Å². The topological polar surface area (TPSA) is 75.5 Å². The van der Waals surface area contributed by atoms with Crippen LogP contribution in [0, 0.1) is 17.0 Å². The number of benzene rings is 2. The summed E-state index contributed by atoms with van der Waals surface area (Å²) in [7, 11) is 3.98. The Morgan fingerprint density at radius 2 is 1.83 bits per heavy atom. The zero-order valence-corrected chi connectivity index (χ0v) is 14.1. The summed E-state index contributed by atoms with van der Waals surface area (Å²) < 4.78 is 0. The molecule has 1 amide bonds. The van der Waals surface area contributed by atoms with Gasteiger partial charge in [-0.1, -0.05) is 36.4 Å². The first-order valence-electron chi connectivity index (χ1n) is 7.63. The molecule has 2 rings (SSSR count). The Labute approximate surface area is 141 Å². The van der Waals surface area contributed by atoms with Gasteiger partial charge in [-0.3, -0.25) is 14.9 Å². The van der Waals surface area contributed by atoms with E-state index in [0.29, 0.717) is 12.1 Å². The second kappa shape index (κ2) is 7.70. The van der Waals surface area contributed by atoms with Gasteiger partial charge in [-0.05, 0) is 37.7 Å². The van der Waals surface area contributed by atoms with Gasteiger partial charge in [0, 0.05) is 19.2 Å². The Morgan fingerprint density at radius 1 is 1.17 bits per heavy atom. The van der Waals surface area contributed by atoms with E-state index >= 15 is 0 Å². The van der Waals surface area contributed by atoms with Crippen LogP contribution in [0.15, 0.2) is 42.5 Å². The van der Waals surface area contributed by atoms with Crippen molar-refractivity contribution >= 4 is 11.6 Å². The van der Waals surface area contributed by atoms with Crippen molar-refractivity contribution in [2.75, 3.05) is 14.1 Å². The number of hydrogen-bond acceptors (Lipinski definition) is 4. The smallest absolute Gasteiger partial charge is 0.282 e. The first-order chi connectivity index (χ1) is 11.4. The fraction of sp³-hybridized carbons (Fsp3) is 0.278. The minimum atomic E-state index is -0.528. The Hall–Kier alpha value is -2.73. The van der Waals surface area contributed by atoms with E-state index < -0.39 is 10.8 Å². The summed E-state index contributed by atoms with van der Waals surface area (Å²) >= 11 is 0. The minimum Gasteiger partial charge on any atom is -0.348 e. The van der Waals surface area contributed by atoms with Crippen LogP contribution in [0.25, 0.3) is 0 Å². The number of nitrogens with one attached hydrogen (secondary N) is 1. The Bertz CT molecular complexity index is 757. The van der Waals surface area contributed by atoms with Crippen LogP contribution in [-0.4, -0.2) is 29.8 Å².